The Morgan fingerprint density at radius 1 is 1.67 bits per heavy atom. The fraction of sp³-hybridized carbons (Fsp3) is 0.600. The number of hydrogen-bond donors (Lipinski definition) is 2. The van der Waals surface area contributed by atoms with Crippen molar-refractivity contribution in [2.75, 3.05) is 31.6 Å². The first-order chi connectivity index (χ1) is 8.51. The number of halogens is 2. The van der Waals surface area contributed by atoms with Crippen LogP contribution in [0.2, 0.25) is 0 Å². The molecule has 0 aromatic carbocycles. The van der Waals surface area contributed by atoms with E-state index >= 15 is 0 Å². The highest BCUT2D eigenvalue weighted by molar-refractivity contribution is 7.13. The van der Waals surface area contributed by atoms with Gasteiger partial charge in [-0.05, 0) is 6.92 Å². The van der Waals surface area contributed by atoms with E-state index in [0.717, 1.165) is 5.69 Å². The van der Waals surface area contributed by atoms with Crippen molar-refractivity contribution in [1.82, 2.24) is 9.88 Å². The molecule has 18 heavy (non-hydrogen) atoms. The molecule has 1 rings (SSSR count). The number of amides is 1. The molecule has 0 aliphatic carbocycles. The Kier molecular flexibility index (Phi) is 6.10. The highest BCUT2D eigenvalue weighted by Crippen LogP contribution is 2.14. The average Bonchev–Trinajstić information content (AvgIpc) is 2.62. The van der Waals surface area contributed by atoms with Crippen LogP contribution in [-0.2, 0) is 4.79 Å². The zero-order valence-electron chi connectivity index (χ0n) is 9.90. The van der Waals surface area contributed by atoms with Crippen LogP contribution in [0.3, 0.4) is 0 Å². The second-order valence-corrected chi connectivity index (χ2v) is 4.55. The van der Waals surface area contributed by atoms with E-state index in [0.29, 0.717) is 5.13 Å². The van der Waals surface area contributed by atoms with E-state index < -0.39 is 18.9 Å². The third-order valence-electron chi connectivity index (χ3n) is 2.05. The third kappa shape index (κ3) is 5.48. The van der Waals surface area contributed by atoms with E-state index in [-0.39, 0.29) is 19.7 Å². The monoisotopic (exact) mass is 279 g/mol. The maximum Gasteiger partial charge on any atom is 0.251 e. The highest BCUT2D eigenvalue weighted by atomic mass is 32.1. The Morgan fingerprint density at radius 3 is 2.89 bits per heavy atom. The molecule has 1 aromatic heterocycles. The van der Waals surface area contributed by atoms with Gasteiger partial charge in [0.1, 0.15) is 0 Å². The lowest BCUT2D eigenvalue weighted by atomic mass is 10.4. The number of aliphatic hydroxyl groups excluding tert-OH is 1. The van der Waals surface area contributed by atoms with Gasteiger partial charge >= 0.3 is 0 Å². The largest absolute Gasteiger partial charge is 0.395 e. The van der Waals surface area contributed by atoms with E-state index in [9.17, 15) is 13.6 Å². The predicted molar refractivity (Wildman–Crippen MR) is 65.0 cm³/mol. The van der Waals surface area contributed by atoms with Gasteiger partial charge in [0.2, 0.25) is 5.91 Å². The SMILES string of the molecule is Cc1csc(NC(=O)CN(CCO)CC(F)F)n1. The summed E-state index contributed by atoms with van der Waals surface area (Å²) < 4.78 is 24.4. The summed E-state index contributed by atoms with van der Waals surface area (Å²) in [7, 11) is 0. The molecule has 0 fully saturated rings. The number of alkyl halides is 2. The Bertz CT molecular complexity index is 387. The summed E-state index contributed by atoms with van der Waals surface area (Å²) in [5, 5.41) is 13.5. The molecular weight excluding hydrogens is 264 g/mol. The lowest BCUT2D eigenvalue weighted by Gasteiger charge is -2.19. The van der Waals surface area contributed by atoms with Gasteiger partial charge in [-0.15, -0.1) is 11.3 Å². The van der Waals surface area contributed by atoms with Crippen molar-refractivity contribution < 1.29 is 18.7 Å². The topological polar surface area (TPSA) is 65.5 Å². The van der Waals surface area contributed by atoms with Crippen molar-refractivity contribution >= 4 is 22.4 Å². The van der Waals surface area contributed by atoms with Gasteiger partial charge in [0.05, 0.1) is 25.4 Å². The smallest absolute Gasteiger partial charge is 0.251 e. The second-order valence-electron chi connectivity index (χ2n) is 3.69. The number of anilines is 1. The van der Waals surface area contributed by atoms with Gasteiger partial charge in [-0.25, -0.2) is 13.8 Å². The molecule has 2 N–H and O–H groups in total. The molecule has 0 spiro atoms. The van der Waals surface area contributed by atoms with Crippen molar-refractivity contribution in [3.63, 3.8) is 0 Å². The molecule has 0 radical (unpaired) electrons. The molecule has 5 nitrogen and oxygen atoms in total. The van der Waals surface area contributed by atoms with E-state index in [2.05, 4.69) is 10.3 Å². The van der Waals surface area contributed by atoms with Crippen LogP contribution < -0.4 is 5.32 Å². The van der Waals surface area contributed by atoms with Crippen LogP contribution in [-0.4, -0.2) is 53.6 Å². The number of rotatable bonds is 7. The molecule has 0 atom stereocenters. The molecule has 0 bridgehead atoms. The van der Waals surface area contributed by atoms with Gasteiger partial charge < -0.3 is 10.4 Å². The van der Waals surface area contributed by atoms with Crippen LogP contribution in [0.1, 0.15) is 5.69 Å². The van der Waals surface area contributed by atoms with E-state index in [1.807, 2.05) is 0 Å². The highest BCUT2D eigenvalue weighted by Gasteiger charge is 2.15. The number of hydrogen-bond acceptors (Lipinski definition) is 5. The predicted octanol–water partition coefficient (Wildman–Crippen LogP) is 0.949. The first-order valence-electron chi connectivity index (χ1n) is 5.34. The molecule has 1 aromatic rings. The first kappa shape index (κ1) is 14.9. The minimum absolute atomic E-state index is 0.0364. The summed E-state index contributed by atoms with van der Waals surface area (Å²) in [5.41, 5.74) is 0.787. The number of carbonyl (C=O) groups excluding carboxylic acids is 1. The Labute approximate surface area is 107 Å². The van der Waals surface area contributed by atoms with Crippen molar-refractivity contribution in [3.8, 4) is 0 Å². The molecule has 1 heterocycles. The quantitative estimate of drug-likeness (QED) is 0.780. The van der Waals surface area contributed by atoms with Crippen molar-refractivity contribution in [1.29, 1.82) is 0 Å². The number of aryl methyl sites for hydroxylation is 1. The number of aromatic nitrogens is 1. The summed E-state index contributed by atoms with van der Waals surface area (Å²) in [6.07, 6.45) is -2.54. The maximum atomic E-state index is 12.2. The van der Waals surface area contributed by atoms with E-state index in [1.54, 1.807) is 12.3 Å². The summed E-state index contributed by atoms with van der Waals surface area (Å²) in [4.78, 5) is 16.8. The molecule has 0 saturated carbocycles. The van der Waals surface area contributed by atoms with Crippen LogP contribution in [0.25, 0.3) is 0 Å². The molecule has 102 valence electrons. The molecule has 8 heteroatoms. The van der Waals surface area contributed by atoms with Crippen molar-refractivity contribution in [2.24, 2.45) is 0 Å². The molecule has 0 aliphatic rings. The average molecular weight is 279 g/mol. The van der Waals surface area contributed by atoms with Gasteiger partial charge in [0, 0.05) is 11.9 Å². The van der Waals surface area contributed by atoms with Crippen LogP contribution in [0.15, 0.2) is 5.38 Å². The lowest BCUT2D eigenvalue weighted by Crippen LogP contribution is -2.38. The fourth-order valence-corrected chi connectivity index (χ4v) is 2.05. The lowest BCUT2D eigenvalue weighted by molar-refractivity contribution is -0.117. The summed E-state index contributed by atoms with van der Waals surface area (Å²) >= 11 is 1.27. The molecule has 0 unspecified atom stereocenters. The normalized spacial score (nSPS) is 11.2. The van der Waals surface area contributed by atoms with Gasteiger partial charge in [-0.2, -0.15) is 0 Å². The minimum atomic E-state index is -2.54. The van der Waals surface area contributed by atoms with Crippen LogP contribution in [0, 0.1) is 6.92 Å². The molecule has 0 saturated heterocycles. The fourth-order valence-electron chi connectivity index (χ4n) is 1.34. The summed E-state index contributed by atoms with van der Waals surface area (Å²) in [6, 6.07) is 0. The zero-order chi connectivity index (χ0) is 13.5. The van der Waals surface area contributed by atoms with Crippen LogP contribution in [0.5, 0.6) is 0 Å². The number of aliphatic hydroxyl groups is 1. The number of thiazole rings is 1. The maximum absolute atomic E-state index is 12.2. The zero-order valence-corrected chi connectivity index (χ0v) is 10.7. The summed E-state index contributed by atoms with van der Waals surface area (Å²) in [5.74, 6) is -0.418. The summed E-state index contributed by atoms with van der Waals surface area (Å²) in [6.45, 7) is 0.834. The number of carbonyl (C=O) groups is 1. The molecule has 1 amide bonds. The standard InChI is InChI=1S/C10H15F2N3O2S/c1-7-6-18-10(13-7)14-9(17)5-15(2-3-16)4-8(11)12/h6,8,16H,2-5H2,1H3,(H,13,14,17). The molecular formula is C10H15F2N3O2S. The van der Waals surface area contributed by atoms with Gasteiger partial charge in [-0.3, -0.25) is 9.69 Å². The van der Waals surface area contributed by atoms with Gasteiger partial charge in [0.15, 0.2) is 5.13 Å². The van der Waals surface area contributed by atoms with Gasteiger partial charge in [0.25, 0.3) is 6.43 Å². The van der Waals surface area contributed by atoms with Crippen LogP contribution in [0.4, 0.5) is 13.9 Å². The Morgan fingerprint density at radius 2 is 2.39 bits per heavy atom. The second kappa shape index (κ2) is 7.34. The van der Waals surface area contributed by atoms with Crippen LogP contribution >= 0.6 is 11.3 Å². The Hall–Kier alpha value is -1.12. The third-order valence-corrected chi connectivity index (χ3v) is 2.92. The van der Waals surface area contributed by atoms with Crippen molar-refractivity contribution in [2.45, 2.75) is 13.3 Å². The van der Waals surface area contributed by atoms with E-state index in [1.165, 1.54) is 16.2 Å². The number of nitrogens with zero attached hydrogens (tertiary/aromatic N) is 2. The first-order valence-corrected chi connectivity index (χ1v) is 6.22. The van der Waals surface area contributed by atoms with Crippen molar-refractivity contribution in [3.05, 3.63) is 11.1 Å². The number of nitrogens with one attached hydrogen (secondary N) is 1. The molecule has 0 aliphatic heterocycles. The van der Waals surface area contributed by atoms with Gasteiger partial charge in [-0.1, -0.05) is 0 Å². The van der Waals surface area contributed by atoms with E-state index in [4.69, 9.17) is 5.11 Å². The Balaban J connectivity index is 2.45. The minimum Gasteiger partial charge on any atom is -0.395 e.